The Bertz CT molecular complexity index is 1080. The molecule has 2 fully saturated rings. The minimum Gasteiger partial charge on any atom is -1.00 e. The van der Waals surface area contributed by atoms with Crippen molar-refractivity contribution in [3.63, 3.8) is 0 Å². The maximum absolute atomic E-state index is 12.0. The van der Waals surface area contributed by atoms with Crippen LogP contribution in [0.2, 0.25) is 0 Å². The second-order valence-corrected chi connectivity index (χ2v) is 12.7. The molecule has 0 aromatic heterocycles. The number of aryl methyl sites for hydroxylation is 1. The van der Waals surface area contributed by atoms with Gasteiger partial charge in [-0.2, -0.15) is 0 Å². The molecule has 0 radical (unpaired) electrons. The number of phenols is 1. The van der Waals surface area contributed by atoms with E-state index in [4.69, 9.17) is 0 Å². The van der Waals surface area contributed by atoms with Crippen LogP contribution in [0.5, 0.6) is 5.75 Å². The number of phenolic OH excluding ortho intramolecular Hbond substituents is 1. The van der Waals surface area contributed by atoms with Crippen LogP contribution in [0.15, 0.2) is 48.0 Å². The summed E-state index contributed by atoms with van der Waals surface area (Å²) in [5.41, 5.74) is 7.87. The molecule has 1 N–H and O–H groups in total. The van der Waals surface area contributed by atoms with E-state index in [0.717, 1.165) is 17.4 Å². The molecule has 0 aliphatic heterocycles. The first-order valence-electron chi connectivity index (χ1n) is 15.1. The van der Waals surface area contributed by atoms with Gasteiger partial charge in [0.15, 0.2) is 0 Å². The fourth-order valence-electron chi connectivity index (χ4n) is 7.99. The Morgan fingerprint density at radius 3 is 1.95 bits per heavy atom. The maximum Gasteiger partial charge on any atom is 2.00 e. The first-order chi connectivity index (χ1) is 17.5. The van der Waals surface area contributed by atoms with Gasteiger partial charge in [-0.1, -0.05) is 114 Å². The molecule has 0 heterocycles. The minimum absolute atomic E-state index is 0. The van der Waals surface area contributed by atoms with Crippen LogP contribution in [-0.4, -0.2) is 5.11 Å². The Labute approximate surface area is 265 Å². The zero-order valence-electron chi connectivity index (χ0n) is 24.4. The molecule has 0 saturated heterocycles. The van der Waals surface area contributed by atoms with Crippen LogP contribution in [-0.2, 0) is 27.1 Å². The van der Waals surface area contributed by atoms with Crippen LogP contribution in [0.25, 0.3) is 5.57 Å². The van der Waals surface area contributed by atoms with Crippen molar-refractivity contribution >= 4 is 5.57 Å². The topological polar surface area (TPSA) is 20.2 Å². The molecular weight excluding hydrogens is 555 g/mol. The zero-order chi connectivity index (χ0) is 25.1. The standard InChI is InChI=1S/C35H48O.2ClH.Ti/c1-25-23-31(34(36)32(24-25)35(2,3)26-17-11-10-12-18-26)33-29-21-14-9-7-5-4-6-8-13-19-27(29)28-20-15-16-22-30(28)33;;;/h10-12,17-18,23-24,27-29,36H,4-9,13-16,19-22H2,1-3H3;2*1H;/q;;;+2/p-2. The van der Waals surface area contributed by atoms with E-state index >= 15 is 0 Å². The molecule has 2 saturated carbocycles. The van der Waals surface area contributed by atoms with Gasteiger partial charge in [-0.15, -0.1) is 0 Å². The largest absolute Gasteiger partial charge is 2.00 e. The van der Waals surface area contributed by atoms with Crippen molar-refractivity contribution in [2.75, 3.05) is 0 Å². The SMILES string of the molecule is Cc1cc(C2=C3CCCCC3C3CCCCCCCCCCC23)c(O)c(C(C)(C)c2ccccc2)c1.[Cl-].[Cl-].[Ti+2]. The second kappa shape index (κ2) is 15.5. The first kappa shape index (κ1) is 34.5. The second-order valence-electron chi connectivity index (χ2n) is 12.7. The number of allylic oxidation sites excluding steroid dienone is 2. The number of aromatic hydroxyl groups is 1. The average molecular weight is 604 g/mol. The first-order valence-corrected chi connectivity index (χ1v) is 15.1. The Morgan fingerprint density at radius 2 is 1.28 bits per heavy atom. The van der Waals surface area contributed by atoms with Gasteiger partial charge in [0.05, 0.1) is 0 Å². The Kier molecular flexibility index (Phi) is 13.7. The third-order valence-corrected chi connectivity index (χ3v) is 9.93. The van der Waals surface area contributed by atoms with Crippen LogP contribution >= 0.6 is 0 Å². The van der Waals surface area contributed by atoms with E-state index < -0.39 is 0 Å². The molecule has 0 amide bonds. The van der Waals surface area contributed by atoms with Gasteiger partial charge in [-0.05, 0) is 79.5 Å². The summed E-state index contributed by atoms with van der Waals surface area (Å²) in [4.78, 5) is 0. The van der Waals surface area contributed by atoms with Gasteiger partial charge in [0, 0.05) is 16.5 Å². The van der Waals surface area contributed by atoms with Crippen molar-refractivity contribution in [3.8, 4) is 5.75 Å². The summed E-state index contributed by atoms with van der Waals surface area (Å²) in [6.07, 6.45) is 19.2. The van der Waals surface area contributed by atoms with Gasteiger partial charge >= 0.3 is 21.7 Å². The van der Waals surface area contributed by atoms with Gasteiger partial charge in [-0.3, -0.25) is 0 Å². The summed E-state index contributed by atoms with van der Waals surface area (Å²) in [6, 6.07) is 15.3. The normalized spacial score (nSPS) is 24.0. The molecule has 2 aromatic rings. The van der Waals surface area contributed by atoms with E-state index in [-0.39, 0.29) is 51.9 Å². The summed E-state index contributed by atoms with van der Waals surface area (Å²) >= 11 is 0. The fourth-order valence-corrected chi connectivity index (χ4v) is 7.99. The van der Waals surface area contributed by atoms with Gasteiger partial charge < -0.3 is 29.9 Å². The molecule has 3 aliphatic rings. The summed E-state index contributed by atoms with van der Waals surface area (Å²) in [5, 5.41) is 12.0. The number of benzene rings is 2. The van der Waals surface area contributed by atoms with Gasteiger partial charge in [0.1, 0.15) is 5.75 Å². The predicted molar refractivity (Wildman–Crippen MR) is 153 cm³/mol. The monoisotopic (exact) mass is 602 g/mol. The molecule has 3 aliphatic carbocycles. The molecule has 1 nitrogen and oxygen atoms in total. The van der Waals surface area contributed by atoms with Crippen molar-refractivity contribution in [3.05, 3.63) is 70.3 Å². The summed E-state index contributed by atoms with van der Waals surface area (Å²) in [7, 11) is 0. The van der Waals surface area contributed by atoms with Crippen molar-refractivity contribution in [1.29, 1.82) is 0 Å². The van der Waals surface area contributed by atoms with Crippen LogP contribution in [0.4, 0.5) is 0 Å². The molecule has 3 unspecified atom stereocenters. The Morgan fingerprint density at radius 1 is 0.718 bits per heavy atom. The Hall–Kier alpha value is -0.726. The zero-order valence-corrected chi connectivity index (χ0v) is 27.4. The van der Waals surface area contributed by atoms with Crippen LogP contribution in [0.1, 0.15) is 126 Å². The maximum atomic E-state index is 12.0. The molecule has 2 aromatic carbocycles. The van der Waals surface area contributed by atoms with E-state index in [1.165, 1.54) is 107 Å². The van der Waals surface area contributed by atoms with Crippen molar-refractivity contribution in [2.45, 2.75) is 116 Å². The molecule has 0 spiro atoms. The molecule has 39 heavy (non-hydrogen) atoms. The number of halogens is 2. The van der Waals surface area contributed by atoms with Gasteiger partial charge in [0.25, 0.3) is 0 Å². The molecule has 4 heteroatoms. The van der Waals surface area contributed by atoms with E-state index in [1.54, 1.807) is 11.1 Å². The van der Waals surface area contributed by atoms with Gasteiger partial charge in [0.2, 0.25) is 0 Å². The number of hydrogen-bond donors (Lipinski definition) is 1. The minimum atomic E-state index is -0.242. The van der Waals surface area contributed by atoms with E-state index in [0.29, 0.717) is 11.7 Å². The van der Waals surface area contributed by atoms with Crippen LogP contribution in [0, 0.1) is 24.7 Å². The summed E-state index contributed by atoms with van der Waals surface area (Å²) < 4.78 is 0. The van der Waals surface area contributed by atoms with E-state index in [2.05, 4.69) is 63.2 Å². The summed E-state index contributed by atoms with van der Waals surface area (Å²) in [5.74, 6) is 2.73. The molecule has 5 rings (SSSR count). The van der Waals surface area contributed by atoms with Crippen molar-refractivity contribution < 1.29 is 51.6 Å². The predicted octanol–water partition coefficient (Wildman–Crippen LogP) is 4.14. The van der Waals surface area contributed by atoms with Crippen LogP contribution in [0.3, 0.4) is 0 Å². The average Bonchev–Trinajstić information content (AvgIpc) is 3.18. The van der Waals surface area contributed by atoms with Crippen molar-refractivity contribution in [2.24, 2.45) is 17.8 Å². The molecular formula is C35H48Cl2OTi. The van der Waals surface area contributed by atoms with E-state index in [9.17, 15) is 5.11 Å². The number of hydrogen-bond acceptors (Lipinski definition) is 1. The molecule has 0 bridgehead atoms. The summed E-state index contributed by atoms with van der Waals surface area (Å²) in [6.45, 7) is 6.77. The smallest absolute Gasteiger partial charge is 1.00 e. The van der Waals surface area contributed by atoms with Crippen molar-refractivity contribution in [1.82, 2.24) is 0 Å². The molecule has 3 atom stereocenters. The quantitative estimate of drug-likeness (QED) is 0.524. The van der Waals surface area contributed by atoms with Gasteiger partial charge in [-0.25, -0.2) is 0 Å². The number of fused-ring (bicyclic) bond motifs is 3. The molecule has 212 valence electrons. The Balaban J connectivity index is 0.00000178. The fraction of sp³-hybridized carbons (Fsp3) is 0.600. The third kappa shape index (κ3) is 7.38. The van der Waals surface area contributed by atoms with Crippen LogP contribution < -0.4 is 24.8 Å². The third-order valence-electron chi connectivity index (χ3n) is 9.93. The number of rotatable bonds is 3. The van der Waals surface area contributed by atoms with E-state index in [1.807, 2.05) is 0 Å².